The van der Waals surface area contributed by atoms with Crippen LogP contribution in [0.15, 0.2) is 42.5 Å². The van der Waals surface area contributed by atoms with Crippen molar-refractivity contribution in [2.75, 3.05) is 7.05 Å². The highest BCUT2D eigenvalue weighted by Gasteiger charge is 2.24. The van der Waals surface area contributed by atoms with E-state index in [2.05, 4.69) is 5.32 Å². The molecular formula is C23H28N2O3. The summed E-state index contributed by atoms with van der Waals surface area (Å²) in [5, 5.41) is 13.2. The maximum Gasteiger partial charge on any atom is 0.251 e. The normalized spacial score (nSPS) is 15.8. The van der Waals surface area contributed by atoms with E-state index in [0.29, 0.717) is 17.9 Å². The van der Waals surface area contributed by atoms with Gasteiger partial charge >= 0.3 is 0 Å². The van der Waals surface area contributed by atoms with Gasteiger partial charge in [-0.1, -0.05) is 38.1 Å². The highest BCUT2D eigenvalue weighted by atomic mass is 16.3. The van der Waals surface area contributed by atoms with Crippen molar-refractivity contribution in [2.24, 2.45) is 5.92 Å². The standard InChI is InChI=1S/C23H28N2O3/c1-15(2)23(28)25(3)14-16-10-12-17(13-11-16)22(27)24-20-8-4-7-19-18(20)6-5-9-21(19)26/h5-6,9-13,15,20,26H,4,7-8,14H2,1-3H3,(H,24,27)/t20-/m1/s1. The number of phenolic OH excluding ortho intramolecular Hbond substituents is 1. The van der Waals surface area contributed by atoms with Crippen LogP contribution < -0.4 is 5.32 Å². The number of nitrogens with zero attached hydrogens (tertiary/aromatic N) is 1. The lowest BCUT2D eigenvalue weighted by molar-refractivity contribution is -0.133. The molecule has 0 aliphatic heterocycles. The second-order valence-electron chi connectivity index (χ2n) is 7.81. The molecule has 0 radical (unpaired) electrons. The Labute approximate surface area is 166 Å². The van der Waals surface area contributed by atoms with Crippen molar-refractivity contribution in [3.63, 3.8) is 0 Å². The van der Waals surface area contributed by atoms with E-state index in [-0.39, 0.29) is 23.8 Å². The summed E-state index contributed by atoms with van der Waals surface area (Å²) < 4.78 is 0. The Morgan fingerprint density at radius 2 is 1.89 bits per heavy atom. The van der Waals surface area contributed by atoms with Crippen LogP contribution in [0, 0.1) is 5.92 Å². The van der Waals surface area contributed by atoms with Crippen molar-refractivity contribution >= 4 is 11.8 Å². The van der Waals surface area contributed by atoms with Gasteiger partial charge in [-0.25, -0.2) is 0 Å². The molecule has 0 saturated heterocycles. The van der Waals surface area contributed by atoms with E-state index in [1.807, 2.05) is 38.1 Å². The molecule has 1 aliphatic carbocycles. The smallest absolute Gasteiger partial charge is 0.251 e. The van der Waals surface area contributed by atoms with E-state index >= 15 is 0 Å². The topological polar surface area (TPSA) is 69.6 Å². The number of nitrogens with one attached hydrogen (secondary N) is 1. The number of carbonyl (C=O) groups is 2. The van der Waals surface area contributed by atoms with Crippen molar-refractivity contribution in [3.05, 3.63) is 64.7 Å². The number of hydrogen-bond donors (Lipinski definition) is 2. The maximum absolute atomic E-state index is 12.7. The molecule has 2 N–H and O–H groups in total. The van der Waals surface area contributed by atoms with Gasteiger partial charge in [0.1, 0.15) is 5.75 Å². The highest BCUT2D eigenvalue weighted by Crippen LogP contribution is 2.34. The predicted octanol–water partition coefficient (Wildman–Crippen LogP) is 3.81. The van der Waals surface area contributed by atoms with Crippen molar-refractivity contribution in [2.45, 2.75) is 45.7 Å². The largest absolute Gasteiger partial charge is 0.508 e. The van der Waals surface area contributed by atoms with Crippen LogP contribution in [0.25, 0.3) is 0 Å². The van der Waals surface area contributed by atoms with Crippen LogP contribution in [0.2, 0.25) is 0 Å². The summed E-state index contributed by atoms with van der Waals surface area (Å²) in [6.45, 7) is 4.29. The number of hydrogen-bond acceptors (Lipinski definition) is 3. The van der Waals surface area contributed by atoms with E-state index in [1.165, 1.54) is 0 Å². The van der Waals surface area contributed by atoms with Crippen molar-refractivity contribution in [1.29, 1.82) is 0 Å². The third-order valence-electron chi connectivity index (χ3n) is 5.29. The zero-order valence-corrected chi connectivity index (χ0v) is 16.7. The van der Waals surface area contributed by atoms with Gasteiger partial charge < -0.3 is 15.3 Å². The van der Waals surface area contributed by atoms with Crippen molar-refractivity contribution in [3.8, 4) is 5.75 Å². The van der Waals surface area contributed by atoms with E-state index < -0.39 is 0 Å². The fourth-order valence-corrected chi connectivity index (χ4v) is 3.77. The highest BCUT2D eigenvalue weighted by molar-refractivity contribution is 5.94. The van der Waals surface area contributed by atoms with Crippen molar-refractivity contribution in [1.82, 2.24) is 10.2 Å². The molecule has 0 saturated carbocycles. The first-order valence-electron chi connectivity index (χ1n) is 9.82. The summed E-state index contributed by atoms with van der Waals surface area (Å²) >= 11 is 0. The number of phenols is 1. The molecule has 2 amide bonds. The van der Waals surface area contributed by atoms with Gasteiger partial charge in [0.2, 0.25) is 5.91 Å². The zero-order chi connectivity index (χ0) is 20.3. The Bertz CT molecular complexity index is 859. The Kier molecular flexibility index (Phi) is 6.02. The first-order chi connectivity index (χ1) is 13.4. The molecule has 0 spiro atoms. The van der Waals surface area contributed by atoms with Crippen LogP contribution in [-0.2, 0) is 17.8 Å². The van der Waals surface area contributed by atoms with Crippen LogP contribution in [-0.4, -0.2) is 28.9 Å². The number of benzene rings is 2. The Hall–Kier alpha value is -2.82. The summed E-state index contributed by atoms with van der Waals surface area (Å²) in [5.74, 6) is 0.245. The lowest BCUT2D eigenvalue weighted by atomic mass is 9.87. The van der Waals surface area contributed by atoms with E-state index in [9.17, 15) is 14.7 Å². The molecule has 3 rings (SSSR count). The molecule has 1 atom stereocenters. The molecule has 0 fully saturated rings. The van der Waals surface area contributed by atoms with Gasteiger partial charge in [-0.05, 0) is 54.2 Å². The van der Waals surface area contributed by atoms with Gasteiger partial charge in [0, 0.05) is 25.1 Å². The number of aromatic hydroxyl groups is 1. The Morgan fingerprint density at radius 3 is 2.57 bits per heavy atom. The van der Waals surface area contributed by atoms with Gasteiger partial charge in [0.15, 0.2) is 0 Å². The van der Waals surface area contributed by atoms with E-state index in [0.717, 1.165) is 36.0 Å². The third-order valence-corrected chi connectivity index (χ3v) is 5.29. The van der Waals surface area contributed by atoms with E-state index in [1.54, 1.807) is 30.1 Å². The van der Waals surface area contributed by atoms with Gasteiger partial charge in [-0.3, -0.25) is 9.59 Å². The number of fused-ring (bicyclic) bond motifs is 1. The summed E-state index contributed by atoms with van der Waals surface area (Å²) in [5.41, 5.74) is 3.52. The van der Waals surface area contributed by atoms with Gasteiger partial charge in [-0.15, -0.1) is 0 Å². The number of rotatable bonds is 5. The van der Waals surface area contributed by atoms with Crippen LogP contribution in [0.1, 0.15) is 59.8 Å². The second kappa shape index (κ2) is 8.46. The molecule has 0 heterocycles. The second-order valence-corrected chi connectivity index (χ2v) is 7.81. The average Bonchev–Trinajstić information content (AvgIpc) is 2.68. The molecule has 1 aliphatic rings. The Morgan fingerprint density at radius 1 is 1.18 bits per heavy atom. The zero-order valence-electron chi connectivity index (χ0n) is 16.7. The van der Waals surface area contributed by atoms with Crippen LogP contribution in [0.3, 0.4) is 0 Å². The lowest BCUT2D eigenvalue weighted by Crippen LogP contribution is -2.31. The van der Waals surface area contributed by atoms with E-state index in [4.69, 9.17) is 0 Å². The summed E-state index contributed by atoms with van der Waals surface area (Å²) in [4.78, 5) is 26.4. The number of amides is 2. The minimum atomic E-state index is -0.126. The molecule has 2 aromatic rings. The minimum absolute atomic E-state index is 0.0344. The molecule has 5 heteroatoms. The SMILES string of the molecule is CC(C)C(=O)N(C)Cc1ccc(C(=O)N[C@@H]2CCCc3c(O)cccc32)cc1. The Balaban J connectivity index is 1.66. The van der Waals surface area contributed by atoms with Crippen LogP contribution in [0.4, 0.5) is 0 Å². The maximum atomic E-state index is 12.7. The van der Waals surface area contributed by atoms with Gasteiger partial charge in [0.25, 0.3) is 5.91 Å². The lowest BCUT2D eigenvalue weighted by Gasteiger charge is -2.27. The fourth-order valence-electron chi connectivity index (χ4n) is 3.77. The van der Waals surface area contributed by atoms with Gasteiger partial charge in [-0.2, -0.15) is 0 Å². The first-order valence-corrected chi connectivity index (χ1v) is 9.82. The average molecular weight is 380 g/mol. The summed E-state index contributed by atoms with van der Waals surface area (Å²) in [7, 11) is 1.79. The first kappa shape index (κ1) is 19.9. The monoisotopic (exact) mass is 380 g/mol. The van der Waals surface area contributed by atoms with Crippen LogP contribution in [0.5, 0.6) is 5.75 Å². The minimum Gasteiger partial charge on any atom is -0.508 e. The number of carbonyl (C=O) groups excluding carboxylic acids is 2. The molecule has 0 bridgehead atoms. The fraction of sp³-hybridized carbons (Fsp3) is 0.391. The molecule has 0 aromatic heterocycles. The summed E-state index contributed by atoms with van der Waals surface area (Å²) in [6.07, 6.45) is 2.64. The predicted molar refractivity (Wildman–Crippen MR) is 109 cm³/mol. The molecule has 148 valence electrons. The summed E-state index contributed by atoms with van der Waals surface area (Å²) in [6, 6.07) is 12.8. The van der Waals surface area contributed by atoms with Crippen LogP contribution >= 0.6 is 0 Å². The molecule has 28 heavy (non-hydrogen) atoms. The van der Waals surface area contributed by atoms with Gasteiger partial charge in [0.05, 0.1) is 6.04 Å². The van der Waals surface area contributed by atoms with Crippen molar-refractivity contribution < 1.29 is 14.7 Å². The molecule has 5 nitrogen and oxygen atoms in total. The third kappa shape index (κ3) is 4.35. The molecule has 0 unspecified atom stereocenters. The quantitative estimate of drug-likeness (QED) is 0.829. The molecular weight excluding hydrogens is 352 g/mol. The molecule has 2 aromatic carbocycles.